The van der Waals surface area contributed by atoms with E-state index in [0.29, 0.717) is 0 Å². The van der Waals surface area contributed by atoms with E-state index in [1.165, 1.54) is 19.6 Å². The monoisotopic (exact) mass is 199 g/mol. The minimum atomic E-state index is 0.726. The van der Waals surface area contributed by atoms with Crippen LogP contribution in [-0.4, -0.2) is 62.7 Å². The highest BCUT2D eigenvalue weighted by molar-refractivity contribution is 4.82. The number of rotatable bonds is 4. The minimum absolute atomic E-state index is 0.726. The Morgan fingerprint density at radius 2 is 2.14 bits per heavy atom. The lowest BCUT2D eigenvalue weighted by molar-refractivity contribution is 0.115. The maximum atomic E-state index is 3.48. The van der Waals surface area contributed by atoms with E-state index in [1.807, 2.05) is 0 Å². The van der Waals surface area contributed by atoms with Gasteiger partial charge < -0.3 is 10.2 Å². The van der Waals surface area contributed by atoms with Gasteiger partial charge in [0.2, 0.25) is 0 Å². The van der Waals surface area contributed by atoms with Crippen LogP contribution in [0.4, 0.5) is 0 Å². The molecule has 1 aliphatic rings. The molecule has 0 aliphatic carbocycles. The topological polar surface area (TPSA) is 18.5 Å². The molecule has 0 bridgehead atoms. The van der Waals surface area contributed by atoms with Gasteiger partial charge in [0.1, 0.15) is 0 Å². The Labute approximate surface area is 88.5 Å². The fourth-order valence-electron chi connectivity index (χ4n) is 2.03. The van der Waals surface area contributed by atoms with Crippen LogP contribution >= 0.6 is 0 Å². The van der Waals surface area contributed by atoms with Gasteiger partial charge in [0.15, 0.2) is 0 Å². The van der Waals surface area contributed by atoms with E-state index in [2.05, 4.69) is 43.1 Å². The Hall–Kier alpha value is -0.120. The lowest BCUT2D eigenvalue weighted by Crippen LogP contribution is -2.54. The molecule has 14 heavy (non-hydrogen) atoms. The zero-order valence-electron chi connectivity index (χ0n) is 10.1. The van der Waals surface area contributed by atoms with Gasteiger partial charge in [-0.2, -0.15) is 0 Å². The highest BCUT2D eigenvalue weighted by Gasteiger charge is 2.24. The molecule has 1 rings (SSSR count). The van der Waals surface area contributed by atoms with E-state index in [1.54, 1.807) is 0 Å². The van der Waals surface area contributed by atoms with E-state index in [0.717, 1.165) is 25.0 Å². The summed E-state index contributed by atoms with van der Waals surface area (Å²) in [6, 6.07) is 0.726. The summed E-state index contributed by atoms with van der Waals surface area (Å²) in [5.41, 5.74) is 0. The molecule has 3 heteroatoms. The number of piperazine rings is 1. The van der Waals surface area contributed by atoms with Gasteiger partial charge in [-0.05, 0) is 20.0 Å². The lowest BCUT2D eigenvalue weighted by atomic mass is 10.0. The fraction of sp³-hybridized carbons (Fsp3) is 1.00. The molecule has 1 unspecified atom stereocenters. The van der Waals surface area contributed by atoms with Gasteiger partial charge in [0, 0.05) is 38.8 Å². The van der Waals surface area contributed by atoms with Gasteiger partial charge in [-0.25, -0.2) is 0 Å². The Morgan fingerprint density at radius 3 is 2.71 bits per heavy atom. The second-order valence-corrected chi connectivity index (χ2v) is 4.85. The first-order chi connectivity index (χ1) is 6.61. The van der Waals surface area contributed by atoms with Crippen LogP contribution in [0.3, 0.4) is 0 Å². The van der Waals surface area contributed by atoms with Crippen LogP contribution in [0, 0.1) is 5.92 Å². The van der Waals surface area contributed by atoms with Crippen molar-refractivity contribution in [2.24, 2.45) is 5.92 Å². The molecule has 0 aromatic carbocycles. The first-order valence-corrected chi connectivity index (χ1v) is 5.70. The molecule has 1 atom stereocenters. The van der Waals surface area contributed by atoms with Crippen molar-refractivity contribution in [3.8, 4) is 0 Å². The summed E-state index contributed by atoms with van der Waals surface area (Å²) in [6.45, 7) is 10.5. The predicted octanol–water partition coefficient (Wildman–Crippen LogP) is 0.478. The highest BCUT2D eigenvalue weighted by atomic mass is 15.2. The SMILES string of the molecule is CC(C)C1CNCCN1CCN(C)C. The molecule has 0 spiro atoms. The van der Waals surface area contributed by atoms with Crippen molar-refractivity contribution in [3.63, 3.8) is 0 Å². The molecular formula is C11H25N3. The van der Waals surface area contributed by atoms with E-state index < -0.39 is 0 Å². The molecule has 3 nitrogen and oxygen atoms in total. The van der Waals surface area contributed by atoms with E-state index in [9.17, 15) is 0 Å². The van der Waals surface area contributed by atoms with Crippen LogP contribution < -0.4 is 5.32 Å². The summed E-state index contributed by atoms with van der Waals surface area (Å²) in [6.07, 6.45) is 0. The third-order valence-electron chi connectivity index (χ3n) is 3.00. The molecule has 0 aromatic rings. The number of hydrogen-bond donors (Lipinski definition) is 1. The van der Waals surface area contributed by atoms with Gasteiger partial charge in [-0.3, -0.25) is 4.90 Å². The summed E-state index contributed by atoms with van der Waals surface area (Å²) >= 11 is 0. The molecule has 0 radical (unpaired) electrons. The van der Waals surface area contributed by atoms with Crippen molar-refractivity contribution < 1.29 is 0 Å². The minimum Gasteiger partial charge on any atom is -0.314 e. The van der Waals surface area contributed by atoms with E-state index in [-0.39, 0.29) is 0 Å². The second-order valence-electron chi connectivity index (χ2n) is 4.85. The summed E-state index contributed by atoms with van der Waals surface area (Å²) in [5, 5.41) is 3.48. The third-order valence-corrected chi connectivity index (χ3v) is 3.00. The molecule has 0 aromatic heterocycles. The molecule has 1 N–H and O–H groups in total. The van der Waals surface area contributed by atoms with Gasteiger partial charge in [-0.1, -0.05) is 13.8 Å². The van der Waals surface area contributed by atoms with E-state index >= 15 is 0 Å². The predicted molar refractivity (Wildman–Crippen MR) is 61.6 cm³/mol. The van der Waals surface area contributed by atoms with Crippen molar-refractivity contribution in [3.05, 3.63) is 0 Å². The van der Waals surface area contributed by atoms with Crippen molar-refractivity contribution in [2.75, 3.05) is 46.8 Å². The largest absolute Gasteiger partial charge is 0.314 e. The van der Waals surface area contributed by atoms with Gasteiger partial charge in [0.05, 0.1) is 0 Å². The van der Waals surface area contributed by atoms with Crippen LogP contribution in [0.25, 0.3) is 0 Å². The summed E-state index contributed by atoms with van der Waals surface area (Å²) in [7, 11) is 4.29. The lowest BCUT2D eigenvalue weighted by Gasteiger charge is -2.39. The third kappa shape index (κ3) is 3.56. The number of hydrogen-bond acceptors (Lipinski definition) is 3. The zero-order valence-corrected chi connectivity index (χ0v) is 10.1. The maximum absolute atomic E-state index is 3.48. The molecule has 1 saturated heterocycles. The first kappa shape index (κ1) is 12.0. The van der Waals surface area contributed by atoms with Crippen LogP contribution in [0.5, 0.6) is 0 Å². The summed E-state index contributed by atoms with van der Waals surface area (Å²) in [5.74, 6) is 0.755. The molecule has 1 heterocycles. The Balaban J connectivity index is 2.38. The molecule has 1 fully saturated rings. The van der Waals surface area contributed by atoms with E-state index in [4.69, 9.17) is 0 Å². The van der Waals surface area contributed by atoms with Gasteiger partial charge >= 0.3 is 0 Å². The number of nitrogens with zero attached hydrogens (tertiary/aromatic N) is 2. The van der Waals surface area contributed by atoms with Crippen LogP contribution in [0.1, 0.15) is 13.8 Å². The zero-order chi connectivity index (χ0) is 10.6. The van der Waals surface area contributed by atoms with Crippen LogP contribution in [-0.2, 0) is 0 Å². The van der Waals surface area contributed by atoms with Crippen LogP contribution in [0.2, 0.25) is 0 Å². The fourth-order valence-corrected chi connectivity index (χ4v) is 2.03. The van der Waals surface area contributed by atoms with Crippen molar-refractivity contribution in [2.45, 2.75) is 19.9 Å². The number of likely N-dealkylation sites (N-methyl/N-ethyl adjacent to an activating group) is 1. The van der Waals surface area contributed by atoms with Gasteiger partial charge in [0.25, 0.3) is 0 Å². The molecular weight excluding hydrogens is 174 g/mol. The quantitative estimate of drug-likeness (QED) is 0.710. The summed E-state index contributed by atoms with van der Waals surface area (Å²) < 4.78 is 0. The smallest absolute Gasteiger partial charge is 0.0244 e. The van der Waals surface area contributed by atoms with Gasteiger partial charge in [-0.15, -0.1) is 0 Å². The molecule has 0 amide bonds. The number of nitrogens with one attached hydrogen (secondary N) is 1. The van der Waals surface area contributed by atoms with Crippen molar-refractivity contribution in [1.82, 2.24) is 15.1 Å². The molecule has 84 valence electrons. The Bertz CT molecular complexity index is 157. The maximum Gasteiger partial charge on any atom is 0.0244 e. The average Bonchev–Trinajstić information content (AvgIpc) is 2.15. The highest BCUT2D eigenvalue weighted by Crippen LogP contribution is 2.12. The Kier molecular flexibility index (Phi) is 4.85. The summed E-state index contributed by atoms with van der Waals surface area (Å²) in [4.78, 5) is 4.89. The van der Waals surface area contributed by atoms with Crippen LogP contribution in [0.15, 0.2) is 0 Å². The second kappa shape index (κ2) is 5.69. The van der Waals surface area contributed by atoms with Crippen molar-refractivity contribution >= 4 is 0 Å². The van der Waals surface area contributed by atoms with Crippen molar-refractivity contribution in [1.29, 1.82) is 0 Å². The Morgan fingerprint density at radius 1 is 1.43 bits per heavy atom. The average molecular weight is 199 g/mol. The normalized spacial score (nSPS) is 24.9. The molecule has 1 aliphatic heterocycles. The standard InChI is InChI=1S/C11H25N3/c1-10(2)11-9-12-5-6-14(11)8-7-13(3)4/h10-12H,5-9H2,1-4H3. The molecule has 0 saturated carbocycles. The first-order valence-electron chi connectivity index (χ1n) is 5.70.